The molecule has 5 heteroatoms. The summed E-state index contributed by atoms with van der Waals surface area (Å²) in [6.07, 6.45) is 1.33. The molecule has 0 bridgehead atoms. The monoisotopic (exact) mass is 363 g/mol. The zero-order valence-electron chi connectivity index (χ0n) is 15.0. The molecule has 27 heavy (non-hydrogen) atoms. The van der Waals surface area contributed by atoms with Crippen LogP contribution in [-0.4, -0.2) is 31.7 Å². The van der Waals surface area contributed by atoms with Gasteiger partial charge < -0.3 is 19.4 Å². The highest BCUT2D eigenvalue weighted by atomic mass is 16.5. The molecule has 3 aromatic rings. The Balaban J connectivity index is 1.54. The minimum Gasteiger partial charge on any atom is -0.493 e. The third-order valence-electron chi connectivity index (χ3n) is 3.97. The maximum atomic E-state index is 8.65. The Morgan fingerprint density at radius 3 is 2.22 bits per heavy atom. The number of oxime groups is 1. The minimum atomic E-state index is 0.358. The van der Waals surface area contributed by atoms with E-state index in [-0.39, 0.29) is 0 Å². The summed E-state index contributed by atoms with van der Waals surface area (Å²) >= 11 is 0. The van der Waals surface area contributed by atoms with Gasteiger partial charge in [-0.2, -0.15) is 0 Å². The van der Waals surface area contributed by atoms with Crippen LogP contribution in [0.2, 0.25) is 0 Å². The average Bonchev–Trinajstić information content (AvgIpc) is 2.73. The molecule has 3 aromatic carbocycles. The first-order valence-electron chi connectivity index (χ1n) is 8.56. The first-order chi connectivity index (χ1) is 13.3. The highest BCUT2D eigenvalue weighted by molar-refractivity contribution is 5.80. The van der Waals surface area contributed by atoms with Gasteiger partial charge in [0.25, 0.3) is 0 Å². The van der Waals surface area contributed by atoms with Crippen LogP contribution in [0.1, 0.15) is 5.56 Å². The van der Waals surface area contributed by atoms with Crippen molar-refractivity contribution in [2.45, 2.75) is 0 Å². The van der Waals surface area contributed by atoms with Gasteiger partial charge in [0.1, 0.15) is 19.0 Å². The second kappa shape index (κ2) is 9.29. The van der Waals surface area contributed by atoms with Gasteiger partial charge in [-0.05, 0) is 41.5 Å². The fourth-order valence-electron chi connectivity index (χ4n) is 2.64. The number of methoxy groups -OCH3 is 1. The molecule has 0 aliphatic rings. The maximum absolute atomic E-state index is 8.65. The Morgan fingerprint density at radius 1 is 0.815 bits per heavy atom. The summed E-state index contributed by atoms with van der Waals surface area (Å²) in [6.45, 7) is 0.753. The highest BCUT2D eigenvalue weighted by Crippen LogP contribution is 2.27. The predicted octanol–water partition coefficient (Wildman–Crippen LogP) is 4.63. The Hall–Kier alpha value is -3.47. The van der Waals surface area contributed by atoms with E-state index in [0.717, 1.165) is 11.3 Å². The Kier molecular flexibility index (Phi) is 6.30. The number of hydrogen-bond acceptors (Lipinski definition) is 5. The number of rotatable bonds is 8. The van der Waals surface area contributed by atoms with Crippen LogP contribution in [0.15, 0.2) is 78.0 Å². The number of benzene rings is 3. The van der Waals surface area contributed by atoms with E-state index in [9.17, 15) is 0 Å². The zero-order valence-corrected chi connectivity index (χ0v) is 15.0. The summed E-state index contributed by atoms with van der Waals surface area (Å²) in [7, 11) is 1.58. The van der Waals surface area contributed by atoms with Crippen molar-refractivity contribution >= 4 is 6.21 Å². The van der Waals surface area contributed by atoms with Crippen LogP contribution in [0.4, 0.5) is 0 Å². The summed E-state index contributed by atoms with van der Waals surface area (Å²) < 4.78 is 16.8. The summed E-state index contributed by atoms with van der Waals surface area (Å²) in [5.74, 6) is 1.96. The van der Waals surface area contributed by atoms with Gasteiger partial charge in [0, 0.05) is 5.56 Å². The van der Waals surface area contributed by atoms with Crippen molar-refractivity contribution in [1.29, 1.82) is 0 Å². The molecule has 0 saturated carbocycles. The van der Waals surface area contributed by atoms with Gasteiger partial charge in [0.15, 0.2) is 11.5 Å². The largest absolute Gasteiger partial charge is 0.493 e. The average molecular weight is 363 g/mol. The number of hydrogen-bond donors (Lipinski definition) is 1. The molecule has 1 N–H and O–H groups in total. The van der Waals surface area contributed by atoms with Gasteiger partial charge in [-0.1, -0.05) is 47.6 Å². The summed E-state index contributed by atoms with van der Waals surface area (Å²) in [5.41, 5.74) is 3.03. The first kappa shape index (κ1) is 18.3. The zero-order chi connectivity index (χ0) is 18.9. The molecular formula is C22H21NO4. The van der Waals surface area contributed by atoms with Crippen molar-refractivity contribution in [3.63, 3.8) is 0 Å². The molecule has 0 amide bonds. The molecule has 0 radical (unpaired) electrons. The lowest BCUT2D eigenvalue weighted by Crippen LogP contribution is -2.09. The standard InChI is InChI=1S/C22H21NO4/c1-25-21-12-7-17(16-23-24)15-22(21)27-14-13-26-20-10-8-19(9-11-20)18-5-3-2-4-6-18/h2-12,15-16,24H,13-14H2,1H3. The molecule has 5 nitrogen and oxygen atoms in total. The normalized spacial score (nSPS) is 10.7. The fraction of sp³-hybridized carbons (Fsp3) is 0.136. The summed E-state index contributed by atoms with van der Waals surface area (Å²) in [4.78, 5) is 0. The van der Waals surface area contributed by atoms with Crippen LogP contribution in [0, 0.1) is 0 Å². The second-order valence-electron chi connectivity index (χ2n) is 5.74. The van der Waals surface area contributed by atoms with Crippen molar-refractivity contribution < 1.29 is 19.4 Å². The fourth-order valence-corrected chi connectivity index (χ4v) is 2.64. The maximum Gasteiger partial charge on any atom is 0.161 e. The van der Waals surface area contributed by atoms with E-state index < -0.39 is 0 Å². The molecule has 0 aliphatic heterocycles. The van der Waals surface area contributed by atoms with E-state index in [1.54, 1.807) is 25.3 Å². The third-order valence-corrected chi connectivity index (χ3v) is 3.97. The Morgan fingerprint density at radius 2 is 1.52 bits per heavy atom. The van der Waals surface area contributed by atoms with Gasteiger partial charge in [-0.15, -0.1) is 0 Å². The van der Waals surface area contributed by atoms with Crippen LogP contribution in [0.25, 0.3) is 11.1 Å². The molecule has 0 atom stereocenters. The van der Waals surface area contributed by atoms with Gasteiger partial charge in [0.05, 0.1) is 13.3 Å². The molecule has 3 rings (SSSR count). The Bertz CT molecular complexity index is 877. The van der Waals surface area contributed by atoms with Crippen molar-refractivity contribution in [3.05, 3.63) is 78.4 Å². The second-order valence-corrected chi connectivity index (χ2v) is 5.74. The molecule has 0 spiro atoms. The van der Waals surface area contributed by atoms with Crippen LogP contribution in [-0.2, 0) is 0 Å². The summed E-state index contributed by atoms with van der Waals surface area (Å²) in [6, 6.07) is 23.4. The van der Waals surface area contributed by atoms with Gasteiger partial charge >= 0.3 is 0 Å². The molecular weight excluding hydrogens is 342 g/mol. The van der Waals surface area contributed by atoms with E-state index in [1.807, 2.05) is 42.5 Å². The molecule has 0 fully saturated rings. The quantitative estimate of drug-likeness (QED) is 0.274. The van der Waals surface area contributed by atoms with Crippen LogP contribution in [0.5, 0.6) is 17.2 Å². The predicted molar refractivity (Wildman–Crippen MR) is 105 cm³/mol. The van der Waals surface area contributed by atoms with E-state index in [2.05, 4.69) is 17.3 Å². The van der Waals surface area contributed by atoms with E-state index in [1.165, 1.54) is 11.8 Å². The van der Waals surface area contributed by atoms with Crippen molar-refractivity contribution in [2.24, 2.45) is 5.16 Å². The van der Waals surface area contributed by atoms with Gasteiger partial charge in [0.2, 0.25) is 0 Å². The molecule has 138 valence electrons. The van der Waals surface area contributed by atoms with Crippen LogP contribution >= 0.6 is 0 Å². The molecule has 0 aliphatic carbocycles. The smallest absolute Gasteiger partial charge is 0.161 e. The number of ether oxygens (including phenoxy) is 3. The number of nitrogens with zero attached hydrogens (tertiary/aromatic N) is 1. The van der Waals surface area contributed by atoms with E-state index in [4.69, 9.17) is 19.4 Å². The lowest BCUT2D eigenvalue weighted by molar-refractivity contribution is 0.211. The van der Waals surface area contributed by atoms with Crippen LogP contribution in [0.3, 0.4) is 0 Å². The minimum absolute atomic E-state index is 0.358. The molecule has 0 unspecified atom stereocenters. The molecule has 0 aromatic heterocycles. The summed E-state index contributed by atoms with van der Waals surface area (Å²) in [5, 5.41) is 11.7. The van der Waals surface area contributed by atoms with Gasteiger partial charge in [-0.25, -0.2) is 0 Å². The van der Waals surface area contributed by atoms with Crippen molar-refractivity contribution in [2.75, 3.05) is 20.3 Å². The molecule has 0 saturated heterocycles. The van der Waals surface area contributed by atoms with E-state index >= 15 is 0 Å². The van der Waals surface area contributed by atoms with Crippen LogP contribution < -0.4 is 14.2 Å². The molecule has 0 heterocycles. The SMILES string of the molecule is COc1ccc(C=NO)cc1OCCOc1ccc(-c2ccccc2)cc1. The third kappa shape index (κ3) is 5.01. The lowest BCUT2D eigenvalue weighted by Gasteiger charge is -2.12. The van der Waals surface area contributed by atoms with Gasteiger partial charge in [-0.3, -0.25) is 0 Å². The Labute approximate surface area is 158 Å². The van der Waals surface area contributed by atoms with Crippen molar-refractivity contribution in [3.8, 4) is 28.4 Å². The topological polar surface area (TPSA) is 60.3 Å². The van der Waals surface area contributed by atoms with Crippen molar-refractivity contribution in [1.82, 2.24) is 0 Å². The lowest BCUT2D eigenvalue weighted by atomic mass is 10.1. The van der Waals surface area contributed by atoms with E-state index in [0.29, 0.717) is 30.3 Å². The highest BCUT2D eigenvalue weighted by Gasteiger charge is 2.06. The first-order valence-corrected chi connectivity index (χ1v) is 8.56.